The Balaban J connectivity index is 0.000000605. The number of rotatable bonds is 14. The molecule has 0 bridgehead atoms. The highest BCUT2D eigenvalue weighted by Crippen LogP contribution is 2.24. The first-order valence-electron chi connectivity index (χ1n) is 15.3. The Kier molecular flexibility index (Phi) is 21.2. The molecular formula is C34H57F2N3. The summed E-state index contributed by atoms with van der Waals surface area (Å²) in [4.78, 5) is 6.52. The quantitative estimate of drug-likeness (QED) is 0.240. The van der Waals surface area contributed by atoms with Crippen molar-refractivity contribution in [2.45, 2.75) is 113 Å². The van der Waals surface area contributed by atoms with Gasteiger partial charge in [0.25, 0.3) is 0 Å². The molecule has 222 valence electrons. The van der Waals surface area contributed by atoms with E-state index in [0.29, 0.717) is 23.4 Å². The summed E-state index contributed by atoms with van der Waals surface area (Å²) in [5.74, 6) is 0.489. The van der Waals surface area contributed by atoms with Crippen molar-refractivity contribution < 1.29 is 8.78 Å². The average molecular weight is 546 g/mol. The summed E-state index contributed by atoms with van der Waals surface area (Å²) in [6.07, 6.45) is 15.0. The average Bonchev–Trinajstić information content (AvgIpc) is 2.89. The zero-order chi connectivity index (χ0) is 29.6. The maximum atomic E-state index is 12.9. The third kappa shape index (κ3) is 15.8. The van der Waals surface area contributed by atoms with Crippen LogP contribution >= 0.6 is 0 Å². The van der Waals surface area contributed by atoms with E-state index in [1.807, 2.05) is 19.1 Å². The molecule has 0 amide bonds. The monoisotopic (exact) mass is 545 g/mol. The fraction of sp³-hybridized carbons (Fsp3) is 0.618. The lowest BCUT2D eigenvalue weighted by molar-refractivity contribution is 0.283. The lowest BCUT2D eigenvalue weighted by atomic mass is 9.89. The van der Waals surface area contributed by atoms with Gasteiger partial charge in [-0.3, -0.25) is 4.90 Å². The van der Waals surface area contributed by atoms with Crippen LogP contribution in [-0.4, -0.2) is 29.5 Å². The molecule has 0 spiro atoms. The van der Waals surface area contributed by atoms with Crippen LogP contribution in [0, 0.1) is 24.5 Å². The predicted octanol–water partition coefficient (Wildman–Crippen LogP) is 9.72. The van der Waals surface area contributed by atoms with Crippen molar-refractivity contribution in [3.05, 3.63) is 70.4 Å². The molecule has 0 unspecified atom stereocenters. The maximum Gasteiger partial charge on any atom is 0.129 e. The van der Waals surface area contributed by atoms with E-state index in [2.05, 4.69) is 57.5 Å². The second kappa shape index (κ2) is 22.5. The minimum atomic E-state index is -0.503. The van der Waals surface area contributed by atoms with Crippen LogP contribution < -0.4 is 5.73 Å². The highest BCUT2D eigenvalue weighted by atomic mass is 19.1. The third-order valence-corrected chi connectivity index (χ3v) is 6.74. The molecule has 0 radical (unpaired) electrons. The van der Waals surface area contributed by atoms with Gasteiger partial charge in [-0.1, -0.05) is 73.0 Å². The van der Waals surface area contributed by atoms with Gasteiger partial charge in [0.2, 0.25) is 0 Å². The van der Waals surface area contributed by atoms with E-state index in [4.69, 9.17) is 5.73 Å². The molecule has 0 saturated heterocycles. The van der Waals surface area contributed by atoms with Gasteiger partial charge in [0.1, 0.15) is 17.5 Å². The summed E-state index contributed by atoms with van der Waals surface area (Å²) in [6.45, 7) is 20.9. The number of aromatic nitrogens is 1. The molecule has 2 aromatic rings. The normalized spacial score (nSPS) is 11.2. The predicted molar refractivity (Wildman–Crippen MR) is 167 cm³/mol. The van der Waals surface area contributed by atoms with Gasteiger partial charge in [-0.15, -0.1) is 0 Å². The molecule has 39 heavy (non-hydrogen) atoms. The Morgan fingerprint density at radius 2 is 1.51 bits per heavy atom. The summed E-state index contributed by atoms with van der Waals surface area (Å²) < 4.78 is 25.4. The van der Waals surface area contributed by atoms with Crippen LogP contribution in [0.15, 0.2) is 42.1 Å². The zero-order valence-electron chi connectivity index (χ0n) is 26.3. The van der Waals surface area contributed by atoms with Crippen molar-refractivity contribution in [2.75, 3.05) is 25.4 Å². The van der Waals surface area contributed by atoms with Crippen molar-refractivity contribution in [2.24, 2.45) is 5.92 Å². The van der Waals surface area contributed by atoms with E-state index in [0.717, 1.165) is 18.4 Å². The minimum absolute atomic E-state index is 0.440. The first kappa shape index (κ1) is 36.7. The third-order valence-electron chi connectivity index (χ3n) is 6.74. The molecule has 2 rings (SSSR count). The molecule has 0 fully saturated rings. The van der Waals surface area contributed by atoms with Crippen molar-refractivity contribution in [1.82, 2.24) is 9.88 Å². The molecule has 1 aromatic carbocycles. The number of anilines is 1. The van der Waals surface area contributed by atoms with E-state index in [1.54, 1.807) is 18.7 Å². The number of hydrogen-bond donors (Lipinski definition) is 1. The number of halogens is 2. The Labute approximate surface area is 239 Å². The summed E-state index contributed by atoms with van der Waals surface area (Å²) in [5.41, 5.74) is 9.67. The van der Waals surface area contributed by atoms with E-state index in [-0.39, 0.29) is 0 Å². The molecule has 1 heterocycles. The van der Waals surface area contributed by atoms with Gasteiger partial charge in [0, 0.05) is 18.8 Å². The fourth-order valence-corrected chi connectivity index (χ4v) is 4.89. The molecule has 0 aliphatic rings. The molecule has 0 aliphatic heterocycles. The number of pyridine rings is 1. The van der Waals surface area contributed by atoms with Crippen LogP contribution in [0.2, 0.25) is 0 Å². The molecule has 3 nitrogen and oxygen atoms in total. The summed E-state index contributed by atoms with van der Waals surface area (Å²) in [5, 5.41) is 0. The summed E-state index contributed by atoms with van der Waals surface area (Å²) in [6, 6.07) is 6.13. The second-order valence-corrected chi connectivity index (χ2v) is 10.2. The lowest BCUT2D eigenvalue weighted by Crippen LogP contribution is -2.29. The van der Waals surface area contributed by atoms with Gasteiger partial charge in [-0.2, -0.15) is 0 Å². The van der Waals surface area contributed by atoms with E-state index >= 15 is 0 Å². The van der Waals surface area contributed by atoms with Gasteiger partial charge in [-0.05, 0) is 106 Å². The Morgan fingerprint density at radius 1 is 0.897 bits per heavy atom. The van der Waals surface area contributed by atoms with Crippen LogP contribution in [0.1, 0.15) is 110 Å². The van der Waals surface area contributed by atoms with Crippen molar-refractivity contribution in [1.29, 1.82) is 0 Å². The topological polar surface area (TPSA) is 42.2 Å². The Hall–Kier alpha value is -2.27. The van der Waals surface area contributed by atoms with E-state index in [1.165, 1.54) is 76.2 Å². The number of nitrogens with two attached hydrogens (primary N) is 1. The van der Waals surface area contributed by atoms with Gasteiger partial charge in [0.15, 0.2) is 0 Å². The molecule has 5 heteroatoms. The highest BCUT2D eigenvalue weighted by Gasteiger charge is 2.15. The highest BCUT2D eigenvalue weighted by molar-refractivity contribution is 5.31. The van der Waals surface area contributed by atoms with Gasteiger partial charge in [0.05, 0.1) is 0 Å². The molecular weight excluding hydrogens is 488 g/mol. The van der Waals surface area contributed by atoms with E-state index < -0.39 is 11.6 Å². The molecule has 2 N–H and O–H groups in total. The van der Waals surface area contributed by atoms with Crippen LogP contribution in [-0.2, 0) is 12.8 Å². The number of nitrogens with zero attached hydrogens (tertiary/aromatic N) is 2. The standard InChI is InChI=1S/C18H37N.C9H10F2.C7H10N2/c1-6-11-17(12-7-2)18(13-8-3)16-19(14-9-4)15-10-5;1-3-8-6(2)4-7(10)5-9(8)11;1-2-6-3-4-9-7(8)5-6/h13,17H,6-12,14-16H2,1-5H3;4-5H,3H2,1-2H3;3-5H,2H2,1H3,(H2,8,9). The van der Waals surface area contributed by atoms with Crippen molar-refractivity contribution in [3.8, 4) is 0 Å². The van der Waals surface area contributed by atoms with Crippen molar-refractivity contribution >= 4 is 5.82 Å². The number of benzene rings is 1. The first-order valence-corrected chi connectivity index (χ1v) is 15.3. The number of aryl methyl sites for hydroxylation is 2. The van der Waals surface area contributed by atoms with Crippen LogP contribution in [0.5, 0.6) is 0 Å². The fourth-order valence-electron chi connectivity index (χ4n) is 4.89. The SMILES string of the molecule is CCC=C(CN(CCC)CCC)C(CCC)CCC.CCc1c(C)cc(F)cc1F.CCc1ccnc(N)c1. The molecule has 0 aliphatic carbocycles. The molecule has 1 aromatic heterocycles. The number of nitrogen functional groups attached to an aromatic ring is 1. The van der Waals surface area contributed by atoms with Crippen LogP contribution in [0.3, 0.4) is 0 Å². The largest absolute Gasteiger partial charge is 0.384 e. The van der Waals surface area contributed by atoms with Crippen molar-refractivity contribution in [3.63, 3.8) is 0 Å². The van der Waals surface area contributed by atoms with Crippen LogP contribution in [0.4, 0.5) is 14.6 Å². The number of hydrogen-bond acceptors (Lipinski definition) is 3. The second-order valence-electron chi connectivity index (χ2n) is 10.2. The molecule has 0 saturated carbocycles. The Morgan fingerprint density at radius 3 is 1.92 bits per heavy atom. The first-order chi connectivity index (χ1) is 18.7. The zero-order valence-corrected chi connectivity index (χ0v) is 26.3. The van der Waals surface area contributed by atoms with Gasteiger partial charge in [-0.25, -0.2) is 13.8 Å². The number of allylic oxidation sites excluding steroid dienone is 1. The van der Waals surface area contributed by atoms with Crippen LogP contribution in [0.25, 0.3) is 0 Å². The van der Waals surface area contributed by atoms with Gasteiger partial charge < -0.3 is 5.73 Å². The lowest BCUT2D eigenvalue weighted by Gasteiger charge is -2.27. The maximum absolute atomic E-state index is 12.9. The Bertz CT molecular complexity index is 891. The molecule has 0 atom stereocenters. The van der Waals surface area contributed by atoms with Gasteiger partial charge >= 0.3 is 0 Å². The smallest absolute Gasteiger partial charge is 0.129 e. The minimum Gasteiger partial charge on any atom is -0.384 e. The summed E-state index contributed by atoms with van der Waals surface area (Å²) in [7, 11) is 0. The van der Waals surface area contributed by atoms with E-state index in [9.17, 15) is 8.78 Å². The summed E-state index contributed by atoms with van der Waals surface area (Å²) >= 11 is 0.